The summed E-state index contributed by atoms with van der Waals surface area (Å²) in [4.78, 5) is 90.7. The summed E-state index contributed by atoms with van der Waals surface area (Å²) in [5.41, 5.74) is 13.7. The molecule has 1 atom stereocenters. The highest BCUT2D eigenvalue weighted by atomic mass is 16.6. The van der Waals surface area contributed by atoms with Crippen LogP contribution in [-0.4, -0.2) is 90.9 Å². The fourth-order valence-electron chi connectivity index (χ4n) is 11.4. The molecule has 1 unspecified atom stereocenters. The average molecular weight is 1590 g/mol. The lowest BCUT2D eigenvalue weighted by molar-refractivity contribution is -0.143. The van der Waals surface area contributed by atoms with Crippen LogP contribution in [0.4, 0.5) is 0 Å². The topological polar surface area (TPSA) is 210 Å². The first kappa shape index (κ1) is 90.5. The second-order valence-corrected chi connectivity index (χ2v) is 27.3. The summed E-state index contributed by atoms with van der Waals surface area (Å²) in [6, 6.07) is 110. The summed E-state index contributed by atoms with van der Waals surface area (Å²) in [7, 11) is 0. The number of aromatic nitrogens is 2. The van der Waals surface area contributed by atoms with Gasteiger partial charge in [-0.3, -0.25) is 14.6 Å². The summed E-state index contributed by atoms with van der Waals surface area (Å²) < 4.78 is 36.8. The Morgan fingerprint density at radius 2 is 0.655 bits per heavy atom. The van der Waals surface area contributed by atoms with Gasteiger partial charge in [0.05, 0.1) is 55.3 Å². The summed E-state index contributed by atoms with van der Waals surface area (Å²) in [5, 5.41) is 0. The minimum absolute atomic E-state index is 0.0885. The van der Waals surface area contributed by atoms with E-state index in [0.29, 0.717) is 74.4 Å². The molecule has 0 saturated carbocycles. The highest BCUT2D eigenvalue weighted by Gasteiger charge is 2.17. The van der Waals surface area contributed by atoms with Crippen LogP contribution < -0.4 is 4.74 Å². The van der Waals surface area contributed by atoms with Gasteiger partial charge in [0, 0.05) is 70.0 Å². The third kappa shape index (κ3) is 37.4. The van der Waals surface area contributed by atoms with Gasteiger partial charge in [-0.05, 0) is 156 Å². The Morgan fingerprint density at radius 3 is 1.08 bits per heavy atom. The quantitative estimate of drug-likeness (QED) is 0.0225. The van der Waals surface area contributed by atoms with Crippen molar-refractivity contribution in [3.63, 3.8) is 0 Å². The van der Waals surface area contributed by atoms with Crippen LogP contribution in [0.5, 0.6) is 5.75 Å². The molecule has 2 aromatic heterocycles. The van der Waals surface area contributed by atoms with Crippen molar-refractivity contribution < 1.29 is 66.7 Å². The third-order valence-corrected chi connectivity index (χ3v) is 18.0. The molecule has 119 heavy (non-hydrogen) atoms. The predicted octanol–water partition coefficient (Wildman–Crippen LogP) is 20.6. The Hall–Kier alpha value is -14.0. The maximum absolute atomic E-state index is 12.2. The molecule has 13 rings (SSSR count). The van der Waals surface area contributed by atoms with Crippen molar-refractivity contribution in [2.24, 2.45) is 0 Å². The molecule has 608 valence electrons. The minimum Gasteiger partial charge on any atom is -0.465 e. The lowest BCUT2D eigenvalue weighted by atomic mass is 10.1. The van der Waals surface area contributed by atoms with Gasteiger partial charge in [0.1, 0.15) is 17.5 Å². The number of pyridine rings is 2. The Labute approximate surface area is 698 Å². The molecule has 0 aliphatic rings. The largest absolute Gasteiger partial charge is 0.465 e. The number of nitrogens with zero attached hydrogens (tertiary/aromatic N) is 2. The number of hydrogen-bond acceptors (Lipinski definition) is 16. The van der Waals surface area contributed by atoms with E-state index in [1.807, 2.05) is 306 Å². The van der Waals surface area contributed by atoms with Crippen molar-refractivity contribution in [1.29, 1.82) is 0 Å². The van der Waals surface area contributed by atoms with E-state index in [-0.39, 0.29) is 60.4 Å². The van der Waals surface area contributed by atoms with Crippen LogP contribution in [0, 0.1) is 13.8 Å². The average Bonchev–Trinajstić information content (AvgIpc) is 0.868. The number of para-hydroxylation sites is 1. The Bertz CT molecular complexity index is 4920. The monoisotopic (exact) mass is 1590 g/mol. The Balaban J connectivity index is 0.000000180. The zero-order valence-corrected chi connectivity index (χ0v) is 67.6. The highest BCUT2D eigenvalue weighted by molar-refractivity contribution is 5.94. The molecular formula is C103H102N2O14. The van der Waals surface area contributed by atoms with Crippen molar-refractivity contribution in [3.8, 4) is 5.75 Å². The highest BCUT2D eigenvalue weighted by Crippen LogP contribution is 2.17. The smallest absolute Gasteiger partial charge is 0.356 e. The first-order valence-electron chi connectivity index (χ1n) is 39.8. The van der Waals surface area contributed by atoms with Crippen molar-refractivity contribution in [2.45, 2.75) is 97.5 Å². The van der Waals surface area contributed by atoms with Crippen LogP contribution >= 0.6 is 0 Å². The van der Waals surface area contributed by atoms with Gasteiger partial charge >= 0.3 is 41.8 Å². The van der Waals surface area contributed by atoms with Crippen molar-refractivity contribution >= 4 is 41.8 Å². The number of carbonyl (C=O) groups is 7. The number of aryl methyl sites for hydroxylation is 4. The maximum Gasteiger partial charge on any atom is 0.356 e. The van der Waals surface area contributed by atoms with E-state index in [1.54, 1.807) is 42.6 Å². The molecule has 0 bridgehead atoms. The lowest BCUT2D eigenvalue weighted by Gasteiger charge is -2.13. The molecule has 0 N–H and O–H groups in total. The molecule has 0 fully saturated rings. The number of esters is 7. The van der Waals surface area contributed by atoms with Gasteiger partial charge in [0.2, 0.25) is 0 Å². The van der Waals surface area contributed by atoms with Gasteiger partial charge in [0.25, 0.3) is 0 Å². The molecule has 0 saturated heterocycles. The molecule has 0 aliphatic carbocycles. The van der Waals surface area contributed by atoms with Gasteiger partial charge in [0.15, 0.2) is 0 Å². The van der Waals surface area contributed by atoms with Crippen LogP contribution in [0.25, 0.3) is 0 Å². The van der Waals surface area contributed by atoms with E-state index in [1.165, 1.54) is 52.3 Å². The van der Waals surface area contributed by atoms with E-state index >= 15 is 0 Å². The standard InChI is InChI=1S/C23H21NO4.C18H20O2.C17H18O2.C16H16O2.C15H14O2.C14H13NO2/c25-22(27-15-12-18-7-3-1-4-8-18)20-11-14-24-21(17-20)23(26)28-16-13-19-9-5-2-6-10-19;19-18(13-7-12-16-8-3-1-4-9-16)20-15-14-17-10-5-2-6-11-17;1-13-8-9-16(12-14(13)2)17(18)19-11-10-15-6-4-3-5-7-15;1-13(12-14-8-4-2-5-9-14)18-16(17)15-10-6-3-7-11-15;16-15(17-14-9-5-2-6-10-14)12-11-13-7-3-1-4-8-13;16-14(13-7-4-9-15-11-13)17-10-8-12-5-2-1-3-6-12/h1-11,14,17H,12-13,15-16H2;1-6,8-11H,7,12-15H2;3-9,12H,10-11H2,1-2H3;2-11,13H,12H2,1H3;1-10H,11-12H2;1-7,9,11H,8,10H2. The van der Waals surface area contributed by atoms with Crippen molar-refractivity contribution in [2.75, 3.05) is 33.0 Å². The number of ether oxygens (including phenoxy) is 7. The molecule has 0 radical (unpaired) electrons. The molecular weight excluding hydrogens is 1490 g/mol. The second-order valence-electron chi connectivity index (χ2n) is 27.3. The summed E-state index contributed by atoms with van der Waals surface area (Å²) in [6.45, 7) is 7.71. The van der Waals surface area contributed by atoms with Crippen LogP contribution in [0.3, 0.4) is 0 Å². The molecule has 13 aromatic rings. The fraction of sp³-hybridized carbons (Fsp3) is 0.194. The third-order valence-electron chi connectivity index (χ3n) is 18.0. The molecule has 11 aromatic carbocycles. The maximum atomic E-state index is 12.2. The number of carbonyl (C=O) groups excluding carboxylic acids is 7. The van der Waals surface area contributed by atoms with E-state index < -0.39 is 11.9 Å². The van der Waals surface area contributed by atoms with Crippen molar-refractivity contribution in [1.82, 2.24) is 9.97 Å². The van der Waals surface area contributed by atoms with Crippen LogP contribution in [-0.2, 0) is 89.4 Å². The van der Waals surface area contributed by atoms with Crippen molar-refractivity contribution in [3.05, 3.63) is 448 Å². The molecule has 16 nitrogen and oxygen atoms in total. The van der Waals surface area contributed by atoms with E-state index in [9.17, 15) is 33.6 Å². The van der Waals surface area contributed by atoms with Gasteiger partial charge < -0.3 is 33.2 Å². The molecule has 0 amide bonds. The van der Waals surface area contributed by atoms with Gasteiger partial charge in [-0.25, -0.2) is 29.0 Å². The molecule has 16 heteroatoms. The zero-order chi connectivity index (χ0) is 84.0. The molecule has 0 spiro atoms. The lowest BCUT2D eigenvalue weighted by Crippen LogP contribution is -2.17. The number of rotatable bonds is 31. The second kappa shape index (κ2) is 54.0. The summed E-state index contributed by atoms with van der Waals surface area (Å²) in [6.07, 6.45) is 12.0. The van der Waals surface area contributed by atoms with E-state index in [2.05, 4.69) is 22.1 Å². The predicted molar refractivity (Wildman–Crippen MR) is 465 cm³/mol. The summed E-state index contributed by atoms with van der Waals surface area (Å²) in [5.74, 6) is -1.58. The van der Waals surface area contributed by atoms with Gasteiger partial charge in [-0.2, -0.15) is 0 Å². The van der Waals surface area contributed by atoms with Crippen LogP contribution in [0.1, 0.15) is 134 Å². The van der Waals surface area contributed by atoms with Gasteiger partial charge in [-0.15, -0.1) is 0 Å². The van der Waals surface area contributed by atoms with Crippen LogP contribution in [0.15, 0.2) is 364 Å². The fourth-order valence-corrected chi connectivity index (χ4v) is 11.4. The first-order chi connectivity index (χ1) is 58.2. The van der Waals surface area contributed by atoms with E-state index in [4.69, 9.17) is 33.2 Å². The zero-order valence-electron chi connectivity index (χ0n) is 67.6. The first-order valence-corrected chi connectivity index (χ1v) is 39.8. The number of benzene rings is 11. The minimum atomic E-state index is -0.560. The number of hydrogen-bond donors (Lipinski definition) is 0. The SMILES string of the molecule is CC(Cc1ccccc1)OC(=O)c1ccccc1.Cc1ccc(C(=O)OCCc2ccccc2)cc1C.O=C(CCCc1ccccc1)OCCc1ccccc1.O=C(CCc1ccccc1)Oc1ccccc1.O=C(OCCc1ccccc1)c1cccnc1.O=C(OCCc1ccccc1)c1ccnc(C(=O)OCCc2ccccc2)c1. The Kier molecular flexibility index (Phi) is 41.1. The van der Waals surface area contributed by atoms with Crippen LogP contribution in [0.2, 0.25) is 0 Å². The Morgan fingerprint density at radius 1 is 0.294 bits per heavy atom. The summed E-state index contributed by atoms with van der Waals surface area (Å²) >= 11 is 0. The molecule has 2 heterocycles. The molecule has 0 aliphatic heterocycles. The van der Waals surface area contributed by atoms with Gasteiger partial charge in [-0.1, -0.05) is 285 Å². The normalized spacial score (nSPS) is 10.4. The van der Waals surface area contributed by atoms with E-state index in [0.717, 1.165) is 66.3 Å².